The molecule has 1 aromatic heterocycles. The minimum Gasteiger partial charge on any atom is -0.490 e. The molecule has 0 bridgehead atoms. The van der Waals surface area contributed by atoms with Crippen molar-refractivity contribution in [1.82, 2.24) is 4.98 Å². The summed E-state index contributed by atoms with van der Waals surface area (Å²) in [7, 11) is 0. The maximum absolute atomic E-state index is 12.9. The van der Waals surface area contributed by atoms with Gasteiger partial charge in [-0.05, 0) is 45.0 Å². The van der Waals surface area contributed by atoms with Crippen molar-refractivity contribution in [2.75, 3.05) is 30.9 Å². The van der Waals surface area contributed by atoms with Gasteiger partial charge in [-0.1, -0.05) is 12.1 Å². The quantitative estimate of drug-likeness (QED) is 0.474. The van der Waals surface area contributed by atoms with Crippen LogP contribution >= 0.6 is 11.3 Å². The summed E-state index contributed by atoms with van der Waals surface area (Å²) < 4.78 is 17.0. The number of hydrogen-bond donors (Lipinski definition) is 2. The van der Waals surface area contributed by atoms with Gasteiger partial charge in [0.1, 0.15) is 0 Å². The van der Waals surface area contributed by atoms with Gasteiger partial charge in [0.15, 0.2) is 16.6 Å². The first-order valence-electron chi connectivity index (χ1n) is 9.74. The number of carbonyl (C=O) groups excluding carboxylic acids is 1. The van der Waals surface area contributed by atoms with Crippen molar-refractivity contribution in [3.8, 4) is 28.5 Å². The van der Waals surface area contributed by atoms with Gasteiger partial charge in [-0.25, -0.2) is 4.98 Å². The molecule has 3 aromatic rings. The number of nitrogen functional groups attached to an aromatic ring is 1. The molecule has 2 aromatic carbocycles. The number of carbonyl (C=O) groups is 1. The molecule has 8 heteroatoms. The molecule has 0 saturated heterocycles. The normalized spacial score (nSPS) is 10.5. The molecule has 0 aliphatic carbocycles. The smallest absolute Gasteiger partial charge is 0.257 e. The number of aromatic nitrogens is 1. The van der Waals surface area contributed by atoms with Crippen LogP contribution in [0, 0.1) is 0 Å². The van der Waals surface area contributed by atoms with Crippen molar-refractivity contribution >= 4 is 28.1 Å². The molecule has 0 atom stereocenters. The third-order valence-electron chi connectivity index (χ3n) is 4.08. The van der Waals surface area contributed by atoms with Crippen molar-refractivity contribution in [2.24, 2.45) is 0 Å². The number of ether oxygens (including phenoxy) is 3. The fourth-order valence-electron chi connectivity index (χ4n) is 2.85. The van der Waals surface area contributed by atoms with Crippen molar-refractivity contribution in [3.63, 3.8) is 0 Å². The van der Waals surface area contributed by atoms with E-state index in [-0.39, 0.29) is 5.91 Å². The van der Waals surface area contributed by atoms with Gasteiger partial charge >= 0.3 is 0 Å². The van der Waals surface area contributed by atoms with Crippen LogP contribution in [0.5, 0.6) is 17.2 Å². The van der Waals surface area contributed by atoms with Gasteiger partial charge in [-0.3, -0.25) is 10.1 Å². The van der Waals surface area contributed by atoms with Crippen LogP contribution in [0.4, 0.5) is 10.8 Å². The predicted molar refractivity (Wildman–Crippen MR) is 120 cm³/mol. The van der Waals surface area contributed by atoms with Crippen LogP contribution in [-0.2, 0) is 0 Å². The van der Waals surface area contributed by atoms with E-state index < -0.39 is 0 Å². The molecule has 0 radical (unpaired) electrons. The molecule has 1 amide bonds. The summed E-state index contributed by atoms with van der Waals surface area (Å²) in [5, 5.41) is 5.20. The number of rotatable bonds is 9. The molecule has 1 heterocycles. The van der Waals surface area contributed by atoms with E-state index in [4.69, 9.17) is 19.9 Å². The zero-order valence-corrected chi connectivity index (χ0v) is 18.0. The summed E-state index contributed by atoms with van der Waals surface area (Å²) in [6.45, 7) is 6.95. The fraction of sp³-hybridized carbons (Fsp3) is 0.273. The summed E-state index contributed by atoms with van der Waals surface area (Å²) in [6, 6.07) is 10.8. The topological polar surface area (TPSA) is 95.7 Å². The Kier molecular flexibility index (Phi) is 7.13. The highest BCUT2D eigenvalue weighted by Crippen LogP contribution is 2.39. The maximum atomic E-state index is 12.9. The number of hydrogen-bond acceptors (Lipinski definition) is 7. The van der Waals surface area contributed by atoms with E-state index in [1.54, 1.807) is 12.1 Å². The highest BCUT2D eigenvalue weighted by molar-refractivity contribution is 7.14. The Morgan fingerprint density at radius 3 is 2.30 bits per heavy atom. The monoisotopic (exact) mass is 427 g/mol. The Labute approximate surface area is 179 Å². The van der Waals surface area contributed by atoms with Gasteiger partial charge in [0, 0.05) is 22.2 Å². The van der Waals surface area contributed by atoms with Crippen LogP contribution in [0.2, 0.25) is 0 Å². The largest absolute Gasteiger partial charge is 0.490 e. The molecule has 0 aliphatic heterocycles. The number of nitrogens with two attached hydrogens (primary N) is 1. The Balaban J connectivity index is 1.86. The zero-order valence-electron chi connectivity index (χ0n) is 17.2. The summed E-state index contributed by atoms with van der Waals surface area (Å²) in [6.07, 6.45) is 0. The van der Waals surface area contributed by atoms with Gasteiger partial charge < -0.3 is 19.9 Å². The van der Waals surface area contributed by atoms with Gasteiger partial charge in [0.2, 0.25) is 5.75 Å². The molecular weight excluding hydrogens is 402 g/mol. The van der Waals surface area contributed by atoms with E-state index in [0.29, 0.717) is 53.5 Å². The Morgan fingerprint density at radius 1 is 1.03 bits per heavy atom. The van der Waals surface area contributed by atoms with Crippen molar-refractivity contribution in [3.05, 3.63) is 47.3 Å². The van der Waals surface area contributed by atoms with E-state index in [9.17, 15) is 4.79 Å². The Bertz CT molecular complexity index is 992. The lowest BCUT2D eigenvalue weighted by atomic mass is 10.1. The van der Waals surface area contributed by atoms with Crippen LogP contribution in [0.15, 0.2) is 41.8 Å². The van der Waals surface area contributed by atoms with Crippen molar-refractivity contribution < 1.29 is 19.0 Å². The lowest BCUT2D eigenvalue weighted by Crippen LogP contribution is -2.13. The number of benzene rings is 2. The summed E-state index contributed by atoms with van der Waals surface area (Å²) in [4.78, 5) is 17.4. The molecule has 0 unspecified atom stereocenters. The van der Waals surface area contributed by atoms with Crippen molar-refractivity contribution in [2.45, 2.75) is 20.8 Å². The number of anilines is 2. The van der Waals surface area contributed by atoms with Crippen LogP contribution < -0.4 is 25.3 Å². The summed E-state index contributed by atoms with van der Waals surface area (Å²) in [5.41, 5.74) is 8.54. The maximum Gasteiger partial charge on any atom is 0.257 e. The summed E-state index contributed by atoms with van der Waals surface area (Å²) in [5.74, 6) is 1.12. The van der Waals surface area contributed by atoms with Gasteiger partial charge in [-0.15, -0.1) is 11.3 Å². The number of amides is 1. The van der Waals surface area contributed by atoms with E-state index in [0.717, 1.165) is 11.3 Å². The molecule has 30 heavy (non-hydrogen) atoms. The van der Waals surface area contributed by atoms with E-state index in [1.165, 1.54) is 11.3 Å². The Hall–Kier alpha value is -3.26. The van der Waals surface area contributed by atoms with Crippen LogP contribution in [0.25, 0.3) is 11.3 Å². The second-order valence-electron chi connectivity index (χ2n) is 6.22. The van der Waals surface area contributed by atoms with Crippen LogP contribution in [0.3, 0.4) is 0 Å². The second-order valence-corrected chi connectivity index (χ2v) is 7.08. The highest BCUT2D eigenvalue weighted by atomic mass is 32.1. The minimum atomic E-state index is -0.312. The first-order chi connectivity index (χ1) is 14.5. The molecule has 0 saturated carbocycles. The molecule has 0 fully saturated rings. The summed E-state index contributed by atoms with van der Waals surface area (Å²) >= 11 is 1.34. The molecule has 0 spiro atoms. The second kappa shape index (κ2) is 9.98. The van der Waals surface area contributed by atoms with Gasteiger partial charge in [-0.2, -0.15) is 0 Å². The van der Waals surface area contributed by atoms with Crippen LogP contribution in [-0.4, -0.2) is 30.7 Å². The third-order valence-corrected chi connectivity index (χ3v) is 4.84. The zero-order chi connectivity index (χ0) is 21.5. The number of nitrogens with zero attached hydrogens (tertiary/aromatic N) is 1. The molecule has 7 nitrogen and oxygen atoms in total. The SMILES string of the molecule is CCOc1cc(C(=O)Nc2nc(-c3cccc(N)c3)cs2)cc(OCC)c1OCC. The highest BCUT2D eigenvalue weighted by Gasteiger charge is 2.19. The molecule has 3 rings (SSSR count). The minimum absolute atomic E-state index is 0.312. The Morgan fingerprint density at radius 2 is 1.70 bits per heavy atom. The third kappa shape index (κ3) is 5.01. The number of thiazole rings is 1. The van der Waals surface area contributed by atoms with E-state index in [2.05, 4.69) is 10.3 Å². The van der Waals surface area contributed by atoms with E-state index >= 15 is 0 Å². The lowest BCUT2D eigenvalue weighted by Gasteiger charge is -2.16. The average molecular weight is 428 g/mol. The van der Waals surface area contributed by atoms with Gasteiger partial charge in [0.25, 0.3) is 5.91 Å². The average Bonchev–Trinajstić information content (AvgIpc) is 3.19. The van der Waals surface area contributed by atoms with Gasteiger partial charge in [0.05, 0.1) is 25.5 Å². The first kappa shape index (κ1) is 21.4. The molecular formula is C22H25N3O4S. The lowest BCUT2D eigenvalue weighted by molar-refractivity contribution is 0.102. The number of nitrogens with one attached hydrogen (secondary N) is 1. The molecule has 158 valence electrons. The standard InChI is InChI=1S/C22H25N3O4S/c1-4-27-18-11-15(12-19(28-5-2)20(18)29-6-3)21(26)25-22-24-17(13-30-22)14-8-7-9-16(23)10-14/h7-13H,4-6,23H2,1-3H3,(H,24,25,26). The fourth-order valence-corrected chi connectivity index (χ4v) is 3.57. The van der Waals surface area contributed by atoms with Crippen LogP contribution in [0.1, 0.15) is 31.1 Å². The van der Waals surface area contributed by atoms with Crippen molar-refractivity contribution in [1.29, 1.82) is 0 Å². The van der Waals surface area contributed by atoms with E-state index in [1.807, 2.05) is 50.4 Å². The molecule has 3 N–H and O–H groups in total. The predicted octanol–water partition coefficient (Wildman–Crippen LogP) is 4.84. The molecule has 0 aliphatic rings. The first-order valence-corrected chi connectivity index (χ1v) is 10.6.